The number of amides is 1. The molecule has 0 heterocycles. The number of nitrogens with one attached hydrogen (secondary N) is 1. The van der Waals surface area contributed by atoms with Crippen molar-refractivity contribution in [3.8, 4) is 0 Å². The van der Waals surface area contributed by atoms with Crippen LogP contribution in [-0.2, 0) is 25.7 Å². The number of alkyl halides is 3. The summed E-state index contributed by atoms with van der Waals surface area (Å²) >= 11 is 0. The number of rotatable bonds is 7. The van der Waals surface area contributed by atoms with Crippen molar-refractivity contribution in [3.63, 3.8) is 0 Å². The molecule has 0 spiro atoms. The van der Waals surface area contributed by atoms with Crippen LogP contribution in [0.3, 0.4) is 0 Å². The molecule has 0 fully saturated rings. The smallest absolute Gasteiger partial charge is 0.475 e. The Kier molecular flexibility index (Phi) is 11.1. The molecule has 0 aromatic heterocycles. The van der Waals surface area contributed by atoms with Crippen molar-refractivity contribution in [1.82, 2.24) is 5.32 Å². The van der Waals surface area contributed by atoms with Gasteiger partial charge in [0, 0.05) is 0 Å². The first-order valence-electron chi connectivity index (χ1n) is 8.85. The SMILES string of the molecule is CC(C)(C)C(CO)NC(=O)[C@H](N)CC(=O)OCc1ccccc1.O=C(O)C(F)(F)F. The molecule has 0 bridgehead atoms. The minimum Gasteiger partial charge on any atom is -0.475 e. The molecule has 11 heteroatoms. The standard InChI is InChI=1S/C17H26N2O4.C2HF3O2/c1-17(2,3)14(10-20)19-16(22)13(18)9-15(21)23-11-12-7-5-4-6-8-12;3-2(4,5)1(6)7/h4-8,13-14,20H,9-11,18H2,1-3H3,(H,19,22);(H,6,7)/t13-,14?;/m1./s1. The van der Waals surface area contributed by atoms with E-state index in [0.717, 1.165) is 5.56 Å². The number of esters is 1. The van der Waals surface area contributed by atoms with Gasteiger partial charge in [-0.1, -0.05) is 51.1 Å². The van der Waals surface area contributed by atoms with E-state index in [1.165, 1.54) is 0 Å². The summed E-state index contributed by atoms with van der Waals surface area (Å²) in [6, 6.07) is 7.83. The summed E-state index contributed by atoms with van der Waals surface area (Å²) in [5, 5.41) is 19.1. The van der Waals surface area contributed by atoms with Gasteiger partial charge in [0.15, 0.2) is 0 Å². The van der Waals surface area contributed by atoms with Crippen LogP contribution >= 0.6 is 0 Å². The first-order valence-corrected chi connectivity index (χ1v) is 8.85. The van der Waals surface area contributed by atoms with Crippen LogP contribution in [0.15, 0.2) is 30.3 Å². The van der Waals surface area contributed by atoms with Gasteiger partial charge < -0.3 is 26.0 Å². The molecule has 1 aromatic rings. The molecule has 0 saturated carbocycles. The van der Waals surface area contributed by atoms with E-state index >= 15 is 0 Å². The van der Waals surface area contributed by atoms with Gasteiger partial charge in [-0.2, -0.15) is 13.2 Å². The van der Waals surface area contributed by atoms with E-state index in [0.29, 0.717) is 0 Å². The van der Waals surface area contributed by atoms with Gasteiger partial charge in [0.25, 0.3) is 0 Å². The fraction of sp³-hybridized carbons (Fsp3) is 0.526. The Morgan fingerprint density at radius 1 is 1.13 bits per heavy atom. The summed E-state index contributed by atoms with van der Waals surface area (Å²) in [4.78, 5) is 32.7. The van der Waals surface area contributed by atoms with Crippen molar-refractivity contribution in [2.24, 2.45) is 11.1 Å². The number of hydrogen-bond acceptors (Lipinski definition) is 6. The second kappa shape index (κ2) is 12.1. The maximum atomic E-state index is 12.0. The summed E-state index contributed by atoms with van der Waals surface area (Å²) in [5.41, 5.74) is 6.30. The summed E-state index contributed by atoms with van der Waals surface area (Å²) in [6.45, 7) is 5.64. The number of carboxylic acid groups (broad SMARTS) is 1. The molecule has 8 nitrogen and oxygen atoms in total. The Balaban J connectivity index is 0.00000103. The molecule has 30 heavy (non-hydrogen) atoms. The zero-order chi connectivity index (χ0) is 23.5. The monoisotopic (exact) mass is 436 g/mol. The van der Waals surface area contributed by atoms with Crippen molar-refractivity contribution < 1.29 is 42.5 Å². The molecule has 170 valence electrons. The Hall–Kier alpha value is -2.66. The van der Waals surface area contributed by atoms with Crippen molar-refractivity contribution in [1.29, 1.82) is 0 Å². The molecule has 1 amide bonds. The number of nitrogens with two attached hydrogens (primary N) is 1. The minimum atomic E-state index is -5.08. The van der Waals surface area contributed by atoms with E-state index < -0.39 is 36.1 Å². The Bertz CT molecular complexity index is 690. The zero-order valence-corrected chi connectivity index (χ0v) is 16.9. The number of aliphatic carboxylic acids is 1. The molecule has 5 N–H and O–H groups in total. The van der Waals surface area contributed by atoms with Gasteiger partial charge in [-0.15, -0.1) is 0 Å². The van der Waals surface area contributed by atoms with E-state index in [1.54, 1.807) is 0 Å². The lowest BCUT2D eigenvalue weighted by Gasteiger charge is -2.30. The van der Waals surface area contributed by atoms with E-state index in [4.69, 9.17) is 20.4 Å². The second-order valence-electron chi connectivity index (χ2n) is 7.37. The average Bonchev–Trinajstić information content (AvgIpc) is 2.63. The largest absolute Gasteiger partial charge is 0.490 e. The highest BCUT2D eigenvalue weighted by molar-refractivity contribution is 5.86. The normalized spacial score (nSPS) is 13.3. The predicted molar refractivity (Wildman–Crippen MR) is 101 cm³/mol. The Labute approximate surface area is 172 Å². The maximum absolute atomic E-state index is 12.0. The van der Waals surface area contributed by atoms with Crippen LogP contribution < -0.4 is 11.1 Å². The number of carboxylic acids is 1. The number of aliphatic hydroxyl groups excluding tert-OH is 1. The number of benzene rings is 1. The van der Waals surface area contributed by atoms with Crippen LogP contribution in [0.25, 0.3) is 0 Å². The highest BCUT2D eigenvalue weighted by Crippen LogP contribution is 2.18. The third kappa shape index (κ3) is 11.4. The lowest BCUT2D eigenvalue weighted by atomic mass is 9.87. The van der Waals surface area contributed by atoms with Crippen molar-refractivity contribution in [2.45, 2.75) is 52.1 Å². The highest BCUT2D eigenvalue weighted by atomic mass is 19.4. The molecule has 0 aliphatic heterocycles. The van der Waals surface area contributed by atoms with Crippen molar-refractivity contribution in [3.05, 3.63) is 35.9 Å². The van der Waals surface area contributed by atoms with Gasteiger partial charge in [0.05, 0.1) is 25.1 Å². The topological polar surface area (TPSA) is 139 Å². The summed E-state index contributed by atoms with van der Waals surface area (Å²) in [5.74, 6) is -3.77. The van der Waals surface area contributed by atoms with Gasteiger partial charge in [-0.3, -0.25) is 9.59 Å². The maximum Gasteiger partial charge on any atom is 0.490 e. The molecule has 0 saturated heterocycles. The first kappa shape index (κ1) is 27.3. The quantitative estimate of drug-likeness (QED) is 0.476. The van der Waals surface area contributed by atoms with Crippen LogP contribution in [0.1, 0.15) is 32.8 Å². The number of halogens is 3. The third-order valence-electron chi connectivity index (χ3n) is 3.75. The highest BCUT2D eigenvalue weighted by Gasteiger charge is 2.38. The molecule has 1 aromatic carbocycles. The third-order valence-corrected chi connectivity index (χ3v) is 3.75. The average molecular weight is 436 g/mol. The molecule has 2 atom stereocenters. The molecular formula is C19H27F3N2O6. The van der Waals surface area contributed by atoms with Gasteiger partial charge in [0.2, 0.25) is 5.91 Å². The van der Waals surface area contributed by atoms with Gasteiger partial charge >= 0.3 is 18.1 Å². The van der Waals surface area contributed by atoms with Crippen LogP contribution in [0.4, 0.5) is 13.2 Å². The van der Waals surface area contributed by atoms with Crippen LogP contribution in [0.5, 0.6) is 0 Å². The van der Waals surface area contributed by atoms with Crippen molar-refractivity contribution >= 4 is 17.8 Å². The summed E-state index contributed by atoms with van der Waals surface area (Å²) < 4.78 is 36.8. The molecule has 0 aliphatic rings. The first-order chi connectivity index (χ1) is 13.7. The van der Waals surface area contributed by atoms with E-state index in [-0.39, 0.29) is 25.0 Å². The molecule has 1 unspecified atom stereocenters. The van der Waals surface area contributed by atoms with E-state index in [2.05, 4.69) is 5.32 Å². The zero-order valence-electron chi connectivity index (χ0n) is 16.9. The molecular weight excluding hydrogens is 409 g/mol. The fourth-order valence-corrected chi connectivity index (χ4v) is 1.88. The molecule has 0 aliphatic carbocycles. The summed E-state index contributed by atoms with van der Waals surface area (Å²) in [7, 11) is 0. The van der Waals surface area contributed by atoms with Crippen LogP contribution in [0, 0.1) is 5.41 Å². The lowest BCUT2D eigenvalue weighted by Crippen LogP contribution is -2.52. The molecule has 0 radical (unpaired) electrons. The van der Waals surface area contributed by atoms with Crippen LogP contribution in [-0.4, -0.2) is 52.9 Å². The summed E-state index contributed by atoms with van der Waals surface area (Å²) in [6.07, 6.45) is -5.29. The lowest BCUT2D eigenvalue weighted by molar-refractivity contribution is -0.192. The predicted octanol–water partition coefficient (Wildman–Crippen LogP) is 1.60. The number of ether oxygens (including phenoxy) is 1. The minimum absolute atomic E-state index is 0.148. The Morgan fingerprint density at radius 2 is 1.63 bits per heavy atom. The van der Waals surface area contributed by atoms with Crippen LogP contribution in [0.2, 0.25) is 0 Å². The number of carbonyl (C=O) groups is 3. The van der Waals surface area contributed by atoms with Gasteiger partial charge in [-0.25, -0.2) is 4.79 Å². The number of hydrogen-bond donors (Lipinski definition) is 4. The van der Waals surface area contributed by atoms with Gasteiger partial charge in [0.1, 0.15) is 6.61 Å². The van der Waals surface area contributed by atoms with E-state index in [9.17, 15) is 27.9 Å². The van der Waals surface area contributed by atoms with E-state index in [1.807, 2.05) is 51.1 Å². The molecule has 1 rings (SSSR count). The number of carbonyl (C=O) groups excluding carboxylic acids is 2. The number of aliphatic hydroxyl groups is 1. The fourth-order valence-electron chi connectivity index (χ4n) is 1.88. The van der Waals surface area contributed by atoms with Crippen molar-refractivity contribution in [2.75, 3.05) is 6.61 Å². The Morgan fingerprint density at radius 3 is 2.03 bits per heavy atom. The second-order valence-corrected chi connectivity index (χ2v) is 7.37. The van der Waals surface area contributed by atoms with Gasteiger partial charge in [-0.05, 0) is 11.0 Å².